The summed E-state index contributed by atoms with van der Waals surface area (Å²) in [6.45, 7) is 5.45. The molecule has 1 aliphatic heterocycles. The number of hydrogen-bond donors (Lipinski definition) is 2. The molecule has 106 valence electrons. The summed E-state index contributed by atoms with van der Waals surface area (Å²) in [6.07, 6.45) is 1.56. The number of piperazine rings is 1. The van der Waals surface area contributed by atoms with Crippen LogP contribution >= 0.6 is 0 Å². The molecule has 0 aromatic rings. The average molecular weight is 278 g/mol. The molecule has 0 bridgehead atoms. The number of hydrogen-bond acceptors (Lipinski definition) is 5. The van der Waals surface area contributed by atoms with Crippen molar-refractivity contribution in [1.29, 1.82) is 0 Å². The van der Waals surface area contributed by atoms with Crippen LogP contribution in [0.4, 0.5) is 0 Å². The first-order valence-corrected chi connectivity index (χ1v) is 7.93. The van der Waals surface area contributed by atoms with Crippen LogP contribution in [0, 0.1) is 0 Å². The molecule has 1 aliphatic rings. The van der Waals surface area contributed by atoms with Crippen molar-refractivity contribution in [3.8, 4) is 0 Å². The molecule has 18 heavy (non-hydrogen) atoms. The number of sulfonamides is 1. The maximum Gasteiger partial charge on any atom is 0.218 e. The van der Waals surface area contributed by atoms with E-state index in [1.807, 2.05) is 0 Å². The van der Waals surface area contributed by atoms with E-state index in [1.54, 1.807) is 0 Å². The second-order valence-electron chi connectivity index (χ2n) is 4.57. The van der Waals surface area contributed by atoms with E-state index in [2.05, 4.69) is 14.5 Å². The molecule has 7 nitrogen and oxygen atoms in total. The summed E-state index contributed by atoms with van der Waals surface area (Å²) in [5.41, 5.74) is 5.10. The summed E-state index contributed by atoms with van der Waals surface area (Å²) in [5.74, 6) is -0.269. The number of carbonyl (C=O) groups excluding carboxylic acids is 1. The highest BCUT2D eigenvalue weighted by molar-refractivity contribution is 7.88. The first-order valence-electron chi connectivity index (χ1n) is 6.04. The molecule has 0 atom stereocenters. The SMILES string of the molecule is CS(=O)(=O)NCCN1CCN(CCC(N)=O)CC1. The Morgan fingerprint density at radius 2 is 1.67 bits per heavy atom. The summed E-state index contributed by atoms with van der Waals surface area (Å²) < 4.78 is 24.3. The molecule has 1 saturated heterocycles. The van der Waals surface area contributed by atoms with Gasteiger partial charge in [0, 0.05) is 52.2 Å². The number of nitrogens with one attached hydrogen (secondary N) is 1. The van der Waals surface area contributed by atoms with E-state index in [-0.39, 0.29) is 5.91 Å². The summed E-state index contributed by atoms with van der Waals surface area (Å²) >= 11 is 0. The van der Waals surface area contributed by atoms with Gasteiger partial charge in [0.2, 0.25) is 15.9 Å². The largest absolute Gasteiger partial charge is 0.370 e. The van der Waals surface area contributed by atoms with Gasteiger partial charge in [-0.15, -0.1) is 0 Å². The zero-order valence-electron chi connectivity index (χ0n) is 10.8. The standard InChI is InChI=1S/C10H22N4O3S/c1-18(16,17)12-3-5-14-8-6-13(7-9-14)4-2-10(11)15/h12H,2-9H2,1H3,(H2,11,15). The van der Waals surface area contributed by atoms with Gasteiger partial charge in [-0.2, -0.15) is 0 Å². The molecule has 0 aliphatic carbocycles. The van der Waals surface area contributed by atoms with Gasteiger partial charge in [-0.25, -0.2) is 13.1 Å². The van der Waals surface area contributed by atoms with Gasteiger partial charge in [-0.05, 0) is 0 Å². The van der Waals surface area contributed by atoms with Crippen LogP contribution in [0.25, 0.3) is 0 Å². The Labute approximate surface area is 108 Å². The highest BCUT2D eigenvalue weighted by Crippen LogP contribution is 2.01. The minimum absolute atomic E-state index is 0.269. The Balaban J connectivity index is 2.13. The minimum Gasteiger partial charge on any atom is -0.370 e. The zero-order chi connectivity index (χ0) is 13.6. The van der Waals surface area contributed by atoms with Crippen molar-refractivity contribution in [1.82, 2.24) is 14.5 Å². The Morgan fingerprint density at radius 3 is 2.11 bits per heavy atom. The normalized spacial score (nSPS) is 18.9. The number of nitrogens with zero attached hydrogens (tertiary/aromatic N) is 2. The molecule has 0 saturated carbocycles. The molecule has 0 spiro atoms. The molecule has 3 N–H and O–H groups in total. The van der Waals surface area contributed by atoms with Crippen LogP contribution in [0.1, 0.15) is 6.42 Å². The predicted octanol–water partition coefficient (Wildman–Crippen LogP) is -1.97. The number of primary amides is 1. The van der Waals surface area contributed by atoms with Gasteiger partial charge in [0.15, 0.2) is 0 Å². The van der Waals surface area contributed by atoms with Crippen molar-refractivity contribution < 1.29 is 13.2 Å². The van der Waals surface area contributed by atoms with Crippen LogP contribution in [0.5, 0.6) is 0 Å². The second-order valence-corrected chi connectivity index (χ2v) is 6.40. The van der Waals surface area contributed by atoms with Crippen molar-refractivity contribution >= 4 is 15.9 Å². The van der Waals surface area contributed by atoms with Crippen LogP contribution in [0.15, 0.2) is 0 Å². The van der Waals surface area contributed by atoms with Gasteiger partial charge < -0.3 is 10.6 Å². The van der Waals surface area contributed by atoms with Crippen LogP contribution in [0.2, 0.25) is 0 Å². The fourth-order valence-electron chi connectivity index (χ4n) is 1.89. The highest BCUT2D eigenvalue weighted by atomic mass is 32.2. The molecule has 1 rings (SSSR count). The van der Waals surface area contributed by atoms with E-state index < -0.39 is 10.0 Å². The van der Waals surface area contributed by atoms with E-state index in [0.29, 0.717) is 19.5 Å². The molecule has 0 aromatic heterocycles. The fourth-order valence-corrected chi connectivity index (χ4v) is 2.36. The highest BCUT2D eigenvalue weighted by Gasteiger charge is 2.16. The second kappa shape index (κ2) is 7.03. The lowest BCUT2D eigenvalue weighted by molar-refractivity contribution is -0.118. The van der Waals surface area contributed by atoms with Crippen molar-refractivity contribution in [3.05, 3.63) is 0 Å². The Hall–Kier alpha value is -0.700. The van der Waals surface area contributed by atoms with Gasteiger partial charge in [0.25, 0.3) is 0 Å². The third-order valence-electron chi connectivity index (χ3n) is 2.93. The maximum atomic E-state index is 10.9. The van der Waals surface area contributed by atoms with Crippen LogP contribution in [-0.2, 0) is 14.8 Å². The first kappa shape index (κ1) is 15.4. The molecular weight excluding hydrogens is 256 g/mol. The third kappa shape index (κ3) is 6.90. The monoisotopic (exact) mass is 278 g/mol. The summed E-state index contributed by atoms with van der Waals surface area (Å²) in [5, 5.41) is 0. The lowest BCUT2D eigenvalue weighted by Gasteiger charge is -2.34. The number of amides is 1. The number of carbonyl (C=O) groups is 1. The van der Waals surface area contributed by atoms with Gasteiger partial charge in [0.05, 0.1) is 6.26 Å². The van der Waals surface area contributed by atoms with Crippen molar-refractivity contribution in [2.75, 3.05) is 52.1 Å². The van der Waals surface area contributed by atoms with E-state index >= 15 is 0 Å². The third-order valence-corrected chi connectivity index (χ3v) is 3.66. The van der Waals surface area contributed by atoms with E-state index in [4.69, 9.17) is 5.73 Å². The smallest absolute Gasteiger partial charge is 0.218 e. The van der Waals surface area contributed by atoms with Gasteiger partial charge >= 0.3 is 0 Å². The fraction of sp³-hybridized carbons (Fsp3) is 0.900. The zero-order valence-corrected chi connectivity index (χ0v) is 11.6. The Kier molecular flexibility index (Phi) is 6.00. The van der Waals surface area contributed by atoms with Crippen LogP contribution in [-0.4, -0.2) is 76.2 Å². The topological polar surface area (TPSA) is 95.7 Å². The average Bonchev–Trinajstić information content (AvgIpc) is 2.26. The molecule has 0 radical (unpaired) electrons. The predicted molar refractivity (Wildman–Crippen MR) is 69.5 cm³/mol. The number of nitrogens with two attached hydrogens (primary N) is 1. The Morgan fingerprint density at radius 1 is 1.17 bits per heavy atom. The van der Waals surface area contributed by atoms with Crippen molar-refractivity contribution in [2.45, 2.75) is 6.42 Å². The van der Waals surface area contributed by atoms with Crippen molar-refractivity contribution in [2.24, 2.45) is 5.73 Å². The minimum atomic E-state index is -3.09. The van der Waals surface area contributed by atoms with E-state index in [1.165, 1.54) is 0 Å². The summed E-state index contributed by atoms with van der Waals surface area (Å²) in [6, 6.07) is 0. The Bertz CT molecular complexity index is 363. The lowest BCUT2D eigenvalue weighted by atomic mass is 10.3. The van der Waals surface area contributed by atoms with E-state index in [0.717, 1.165) is 39.0 Å². The van der Waals surface area contributed by atoms with Gasteiger partial charge in [-0.1, -0.05) is 0 Å². The van der Waals surface area contributed by atoms with Crippen LogP contribution in [0.3, 0.4) is 0 Å². The van der Waals surface area contributed by atoms with Crippen LogP contribution < -0.4 is 10.5 Å². The van der Waals surface area contributed by atoms with E-state index in [9.17, 15) is 13.2 Å². The first-order chi connectivity index (χ1) is 8.37. The summed E-state index contributed by atoms with van der Waals surface area (Å²) in [4.78, 5) is 15.1. The molecule has 0 aromatic carbocycles. The molecule has 1 heterocycles. The van der Waals surface area contributed by atoms with Crippen molar-refractivity contribution in [3.63, 3.8) is 0 Å². The van der Waals surface area contributed by atoms with Gasteiger partial charge in [-0.3, -0.25) is 9.69 Å². The maximum absolute atomic E-state index is 10.9. The lowest BCUT2D eigenvalue weighted by Crippen LogP contribution is -2.48. The summed E-state index contributed by atoms with van der Waals surface area (Å²) in [7, 11) is -3.09. The molecule has 1 fully saturated rings. The molecule has 8 heteroatoms. The molecule has 0 unspecified atom stereocenters. The quantitative estimate of drug-likeness (QED) is 0.563. The molecular formula is C10H22N4O3S. The number of rotatable bonds is 7. The molecule has 1 amide bonds. The van der Waals surface area contributed by atoms with Gasteiger partial charge in [0.1, 0.15) is 0 Å².